The molecule has 0 saturated heterocycles. The van der Waals surface area contributed by atoms with E-state index >= 15 is 0 Å². The molecule has 0 aromatic rings. The number of esters is 1. The zero-order valence-electron chi connectivity index (χ0n) is 18.2. The molecule has 0 amide bonds. The molecule has 0 bridgehead atoms. The van der Waals surface area contributed by atoms with Crippen LogP contribution in [0, 0.1) is 34.5 Å². The van der Waals surface area contributed by atoms with Gasteiger partial charge in [-0.2, -0.15) is 0 Å². The van der Waals surface area contributed by atoms with Crippen LogP contribution in [0.4, 0.5) is 4.39 Å². The van der Waals surface area contributed by atoms with E-state index in [2.05, 4.69) is 0 Å². The van der Waals surface area contributed by atoms with Crippen molar-refractivity contribution in [3.05, 3.63) is 35.6 Å². The molecule has 0 spiro atoms. The van der Waals surface area contributed by atoms with Crippen molar-refractivity contribution in [3.8, 4) is 0 Å². The van der Waals surface area contributed by atoms with Crippen LogP contribution in [0.2, 0.25) is 0 Å². The average Bonchev–Trinajstić information content (AvgIpc) is 2.89. The van der Waals surface area contributed by atoms with Crippen LogP contribution in [0.3, 0.4) is 0 Å². The Bertz CT molecular complexity index is 950. The predicted octanol–water partition coefficient (Wildman–Crippen LogP) is 2.45. The lowest BCUT2D eigenvalue weighted by atomic mass is 9.47. The van der Waals surface area contributed by atoms with E-state index in [1.165, 1.54) is 19.1 Å². The molecule has 4 aliphatic carbocycles. The first-order valence-electron chi connectivity index (χ1n) is 10.8. The Morgan fingerprint density at radius 3 is 2.61 bits per heavy atom. The first kappa shape index (κ1) is 22.1. The van der Waals surface area contributed by atoms with Crippen LogP contribution in [-0.4, -0.2) is 46.1 Å². The van der Waals surface area contributed by atoms with Gasteiger partial charge in [0.2, 0.25) is 0 Å². The second kappa shape index (κ2) is 6.94. The second-order valence-corrected chi connectivity index (χ2v) is 10.1. The van der Waals surface area contributed by atoms with Crippen molar-refractivity contribution in [1.29, 1.82) is 0 Å². The van der Waals surface area contributed by atoms with Gasteiger partial charge in [-0.05, 0) is 48.8 Å². The molecular formula is C24H29FO6. The number of ketones is 2. The fourth-order valence-electron chi connectivity index (χ4n) is 7.16. The maximum atomic E-state index is 13.5. The van der Waals surface area contributed by atoms with E-state index in [0.29, 0.717) is 12.0 Å². The van der Waals surface area contributed by atoms with Crippen LogP contribution in [0.5, 0.6) is 0 Å². The lowest BCUT2D eigenvalue weighted by Gasteiger charge is -2.58. The molecule has 0 radical (unpaired) electrons. The number of Topliss-reactive ketones (excluding diaryl/α,β-unsaturated/α-hetero) is 1. The summed E-state index contributed by atoms with van der Waals surface area (Å²) in [6.45, 7) is 5.41. The number of carbonyl (C=O) groups excluding carboxylic acids is 3. The molecule has 2 saturated carbocycles. The Balaban J connectivity index is 1.90. The van der Waals surface area contributed by atoms with Gasteiger partial charge in [0.25, 0.3) is 0 Å². The standard InChI is InChI=1S/C24H29FO6/c1-12-7-16-15-9-19(31-13(2)26)17-8-14(27)5-6-22(17,3)21(15)18(28)10-23(16,4)24(12,30)20(29)11-25/h5-6,8-9,12,15-16,18,21,28,30H,7,10-11H2,1-4H3/t12-,15+,16+,18+,21-,22+,23+,24+/m1/s1. The smallest absolute Gasteiger partial charge is 0.308 e. The van der Waals surface area contributed by atoms with Crippen molar-refractivity contribution in [2.24, 2.45) is 34.5 Å². The molecule has 0 heterocycles. The molecule has 2 fully saturated rings. The minimum absolute atomic E-state index is 0.132. The lowest BCUT2D eigenvalue weighted by Crippen LogP contribution is -2.62. The fourth-order valence-corrected chi connectivity index (χ4v) is 7.16. The Morgan fingerprint density at radius 1 is 1.32 bits per heavy atom. The molecule has 4 aliphatic rings. The largest absolute Gasteiger partial charge is 0.427 e. The number of alkyl halides is 1. The molecule has 31 heavy (non-hydrogen) atoms. The molecule has 0 unspecified atom stereocenters. The van der Waals surface area contributed by atoms with Crippen molar-refractivity contribution in [2.45, 2.75) is 52.2 Å². The van der Waals surface area contributed by atoms with E-state index in [1.54, 1.807) is 26.0 Å². The maximum absolute atomic E-state index is 13.5. The molecular weight excluding hydrogens is 403 g/mol. The summed E-state index contributed by atoms with van der Waals surface area (Å²) in [4.78, 5) is 36.5. The highest BCUT2D eigenvalue weighted by Gasteiger charge is 2.70. The number of halogens is 1. The molecule has 0 aliphatic heterocycles. The third-order valence-electron chi connectivity index (χ3n) is 8.50. The molecule has 8 atom stereocenters. The van der Waals surface area contributed by atoms with Gasteiger partial charge in [-0.25, -0.2) is 4.39 Å². The van der Waals surface area contributed by atoms with E-state index in [-0.39, 0.29) is 35.7 Å². The van der Waals surface area contributed by atoms with Crippen LogP contribution in [-0.2, 0) is 19.1 Å². The first-order valence-corrected chi connectivity index (χ1v) is 10.8. The Kier molecular flexibility index (Phi) is 4.94. The van der Waals surface area contributed by atoms with Gasteiger partial charge in [0.15, 0.2) is 18.2 Å². The van der Waals surface area contributed by atoms with E-state index in [1.807, 2.05) is 6.92 Å². The van der Waals surface area contributed by atoms with Crippen molar-refractivity contribution in [3.63, 3.8) is 0 Å². The van der Waals surface area contributed by atoms with Crippen LogP contribution in [0.1, 0.15) is 40.5 Å². The third kappa shape index (κ3) is 2.79. The number of rotatable bonds is 3. The Hall–Kier alpha value is -2.12. The summed E-state index contributed by atoms with van der Waals surface area (Å²) in [6, 6.07) is 0. The highest BCUT2D eigenvalue weighted by Crippen LogP contribution is 2.67. The predicted molar refractivity (Wildman–Crippen MR) is 109 cm³/mol. The summed E-state index contributed by atoms with van der Waals surface area (Å²) in [6.07, 6.45) is 6.08. The number of carbonyl (C=O) groups is 3. The number of hydrogen-bond donors (Lipinski definition) is 2. The van der Waals surface area contributed by atoms with Crippen molar-refractivity contribution in [2.75, 3.05) is 6.67 Å². The maximum Gasteiger partial charge on any atom is 0.308 e. The summed E-state index contributed by atoms with van der Waals surface area (Å²) in [5.74, 6) is -2.77. The van der Waals surface area contributed by atoms with Crippen LogP contribution in [0.15, 0.2) is 35.6 Å². The van der Waals surface area contributed by atoms with Gasteiger partial charge in [0.05, 0.1) is 6.10 Å². The fraction of sp³-hybridized carbons (Fsp3) is 0.625. The Labute approximate surface area is 180 Å². The van der Waals surface area contributed by atoms with E-state index in [4.69, 9.17) is 4.74 Å². The van der Waals surface area contributed by atoms with Gasteiger partial charge in [-0.1, -0.05) is 26.8 Å². The minimum atomic E-state index is -1.89. The number of hydrogen-bond acceptors (Lipinski definition) is 6. The summed E-state index contributed by atoms with van der Waals surface area (Å²) in [5.41, 5.74) is -3.16. The summed E-state index contributed by atoms with van der Waals surface area (Å²) in [7, 11) is 0. The summed E-state index contributed by atoms with van der Waals surface area (Å²) in [5, 5.41) is 22.8. The summed E-state index contributed by atoms with van der Waals surface area (Å²) >= 11 is 0. The lowest BCUT2D eigenvalue weighted by molar-refractivity contribution is -0.177. The van der Waals surface area contributed by atoms with Crippen LogP contribution < -0.4 is 0 Å². The zero-order chi connectivity index (χ0) is 22.9. The van der Waals surface area contributed by atoms with Crippen molar-refractivity contribution < 1.29 is 33.7 Å². The van der Waals surface area contributed by atoms with Gasteiger partial charge in [0, 0.05) is 29.2 Å². The van der Waals surface area contributed by atoms with Gasteiger partial charge in [-0.15, -0.1) is 0 Å². The van der Waals surface area contributed by atoms with Gasteiger partial charge in [0.1, 0.15) is 11.4 Å². The number of aliphatic hydroxyl groups is 2. The monoisotopic (exact) mass is 432 g/mol. The quantitative estimate of drug-likeness (QED) is 0.665. The average molecular weight is 432 g/mol. The van der Waals surface area contributed by atoms with E-state index in [9.17, 15) is 29.0 Å². The molecule has 0 aromatic heterocycles. The number of fused-ring (bicyclic) bond motifs is 5. The second-order valence-electron chi connectivity index (χ2n) is 10.1. The third-order valence-corrected chi connectivity index (χ3v) is 8.50. The van der Waals surface area contributed by atoms with E-state index < -0.39 is 46.9 Å². The normalized spacial score (nSPS) is 45.8. The minimum Gasteiger partial charge on any atom is -0.427 e. The molecule has 4 rings (SSSR count). The highest BCUT2D eigenvalue weighted by atomic mass is 19.1. The number of ether oxygens (including phenoxy) is 1. The first-order chi connectivity index (χ1) is 14.4. The number of aliphatic hydroxyl groups excluding tert-OH is 1. The van der Waals surface area contributed by atoms with Gasteiger partial charge < -0.3 is 14.9 Å². The molecule has 7 heteroatoms. The molecule has 168 valence electrons. The molecule has 6 nitrogen and oxygen atoms in total. The van der Waals surface area contributed by atoms with Gasteiger partial charge >= 0.3 is 5.97 Å². The van der Waals surface area contributed by atoms with Crippen molar-refractivity contribution in [1.82, 2.24) is 0 Å². The van der Waals surface area contributed by atoms with Crippen LogP contribution in [0.25, 0.3) is 0 Å². The SMILES string of the molecule is CC(=O)OC1=C[C@@H]2[C@H]([C@@H](O)C[C@@]3(C)[C@H]2C[C@@H](C)[C@]3(O)C(=O)CF)[C@@]2(C)C=CC(=O)C=C12. The van der Waals surface area contributed by atoms with Gasteiger partial charge in [-0.3, -0.25) is 14.4 Å². The zero-order valence-corrected chi connectivity index (χ0v) is 18.2. The van der Waals surface area contributed by atoms with Crippen molar-refractivity contribution >= 4 is 17.5 Å². The molecule has 0 aromatic carbocycles. The topological polar surface area (TPSA) is 101 Å². The highest BCUT2D eigenvalue weighted by molar-refractivity contribution is 6.02. The Morgan fingerprint density at radius 2 is 2.00 bits per heavy atom. The number of allylic oxidation sites excluding steroid dienone is 5. The van der Waals surface area contributed by atoms with Crippen LogP contribution >= 0.6 is 0 Å². The van der Waals surface area contributed by atoms with E-state index in [0.717, 1.165) is 0 Å². The molecule has 2 N–H and O–H groups in total. The summed E-state index contributed by atoms with van der Waals surface area (Å²) < 4.78 is 18.9.